The van der Waals surface area contributed by atoms with Gasteiger partial charge in [-0.2, -0.15) is 16.1 Å². The van der Waals surface area contributed by atoms with Crippen molar-refractivity contribution in [2.24, 2.45) is 0 Å². The van der Waals surface area contributed by atoms with Gasteiger partial charge in [-0.05, 0) is 30.7 Å². The van der Waals surface area contributed by atoms with Gasteiger partial charge >= 0.3 is 0 Å². The molecule has 0 aliphatic carbocycles. The number of carbonyl (C=O) groups excluding carboxylic acids is 1. The van der Waals surface area contributed by atoms with E-state index in [9.17, 15) is 18.3 Å². The highest BCUT2D eigenvalue weighted by molar-refractivity contribution is 7.99. The second-order valence-electron chi connectivity index (χ2n) is 5.73. The molecular weight excluding hydrogens is 336 g/mol. The van der Waals surface area contributed by atoms with Crippen molar-refractivity contribution in [2.75, 3.05) is 37.7 Å². The maximum absolute atomic E-state index is 12.6. The molecule has 1 aromatic rings. The number of aliphatic hydroxyl groups excluding tert-OH is 1. The Hall–Kier alpha value is -1.09. The summed E-state index contributed by atoms with van der Waals surface area (Å²) in [5.74, 6) is 1.46. The number of carbonyl (C=O) groups is 1. The maximum atomic E-state index is 12.6. The Bertz CT molecular complexity index is 669. The molecule has 0 aromatic heterocycles. The number of aliphatic hydroxyl groups is 1. The molecule has 2 fully saturated rings. The van der Waals surface area contributed by atoms with Crippen LogP contribution in [-0.4, -0.2) is 72.4 Å². The number of sulfonamides is 1. The minimum atomic E-state index is -3.48. The molecule has 1 N–H and O–H groups in total. The fraction of sp³-hybridized carbons (Fsp3) is 0.533. The number of amides is 1. The van der Waals surface area contributed by atoms with Gasteiger partial charge in [-0.15, -0.1) is 0 Å². The standard InChI is InChI=1S/C15H20N2O4S2/c18-13-5-6-16(11-13)15(19)12-1-3-14(4-2-12)23(20,21)17-7-9-22-10-8-17/h1-4,13,18H,5-11H2/t13-/m0/s1. The molecule has 2 saturated heterocycles. The van der Waals surface area contributed by atoms with Crippen molar-refractivity contribution in [3.63, 3.8) is 0 Å². The lowest BCUT2D eigenvalue weighted by Gasteiger charge is -2.25. The van der Waals surface area contributed by atoms with Crippen LogP contribution in [-0.2, 0) is 10.0 Å². The van der Waals surface area contributed by atoms with Gasteiger partial charge in [0, 0.05) is 43.2 Å². The third kappa shape index (κ3) is 3.55. The van der Waals surface area contributed by atoms with Crippen LogP contribution in [0.1, 0.15) is 16.8 Å². The van der Waals surface area contributed by atoms with E-state index in [0.717, 1.165) is 11.5 Å². The molecule has 2 aliphatic heterocycles. The number of hydrogen-bond acceptors (Lipinski definition) is 5. The molecule has 1 amide bonds. The lowest BCUT2D eigenvalue weighted by Crippen LogP contribution is -2.37. The van der Waals surface area contributed by atoms with Crippen molar-refractivity contribution in [3.8, 4) is 0 Å². The van der Waals surface area contributed by atoms with Gasteiger partial charge < -0.3 is 10.0 Å². The number of nitrogens with zero attached hydrogens (tertiary/aromatic N) is 2. The van der Waals surface area contributed by atoms with E-state index in [1.165, 1.54) is 16.4 Å². The van der Waals surface area contributed by atoms with Gasteiger partial charge in [0.25, 0.3) is 5.91 Å². The fourth-order valence-corrected chi connectivity index (χ4v) is 5.39. The molecule has 2 aliphatic rings. The van der Waals surface area contributed by atoms with Crippen molar-refractivity contribution < 1.29 is 18.3 Å². The van der Waals surface area contributed by atoms with E-state index in [1.807, 2.05) is 0 Å². The monoisotopic (exact) mass is 356 g/mol. The third-order valence-corrected chi connectivity index (χ3v) is 7.02. The summed E-state index contributed by atoms with van der Waals surface area (Å²) in [5.41, 5.74) is 0.451. The zero-order valence-corrected chi connectivity index (χ0v) is 14.4. The largest absolute Gasteiger partial charge is 0.391 e. The van der Waals surface area contributed by atoms with Crippen LogP contribution < -0.4 is 0 Å². The van der Waals surface area contributed by atoms with E-state index >= 15 is 0 Å². The Labute approximate surface area is 140 Å². The molecule has 2 heterocycles. The van der Waals surface area contributed by atoms with Crippen molar-refractivity contribution in [1.82, 2.24) is 9.21 Å². The summed E-state index contributed by atoms with van der Waals surface area (Å²) in [4.78, 5) is 14.1. The number of β-amino-alcohol motifs (C(OH)–C–C–N with tert-alkyl or cyclic N) is 1. The first-order valence-electron chi connectivity index (χ1n) is 7.64. The predicted octanol–water partition coefficient (Wildman–Crippen LogP) is 0.631. The lowest BCUT2D eigenvalue weighted by molar-refractivity contribution is 0.0765. The second-order valence-corrected chi connectivity index (χ2v) is 8.90. The fourth-order valence-electron chi connectivity index (χ4n) is 2.81. The summed E-state index contributed by atoms with van der Waals surface area (Å²) in [5, 5.41) is 9.51. The molecule has 0 spiro atoms. The zero-order valence-electron chi connectivity index (χ0n) is 12.7. The summed E-state index contributed by atoms with van der Waals surface area (Å²) in [6, 6.07) is 6.10. The van der Waals surface area contributed by atoms with Gasteiger partial charge in [-0.1, -0.05) is 0 Å². The van der Waals surface area contributed by atoms with Gasteiger partial charge in [-0.3, -0.25) is 4.79 Å². The topological polar surface area (TPSA) is 77.9 Å². The molecule has 6 nitrogen and oxygen atoms in total. The Morgan fingerprint density at radius 3 is 2.35 bits per heavy atom. The van der Waals surface area contributed by atoms with Gasteiger partial charge in [0.15, 0.2) is 0 Å². The summed E-state index contributed by atoms with van der Waals surface area (Å²) in [6.07, 6.45) is 0.126. The van der Waals surface area contributed by atoms with Crippen LogP contribution in [0.15, 0.2) is 29.2 Å². The average Bonchev–Trinajstić information content (AvgIpc) is 3.01. The molecule has 1 aromatic carbocycles. The molecule has 126 valence electrons. The Kier molecular flexibility index (Phi) is 4.96. The van der Waals surface area contributed by atoms with Crippen LogP contribution in [0.3, 0.4) is 0 Å². The highest BCUT2D eigenvalue weighted by Crippen LogP contribution is 2.21. The Morgan fingerprint density at radius 2 is 1.78 bits per heavy atom. The SMILES string of the molecule is O=C(c1ccc(S(=O)(=O)N2CCSCC2)cc1)N1CC[C@H](O)C1. The third-order valence-electron chi connectivity index (χ3n) is 4.16. The van der Waals surface area contributed by atoms with Gasteiger partial charge in [0.05, 0.1) is 11.0 Å². The summed E-state index contributed by atoms with van der Waals surface area (Å²) in [6.45, 7) is 1.93. The molecular formula is C15H20N2O4S2. The van der Waals surface area contributed by atoms with Crippen LogP contribution in [0, 0.1) is 0 Å². The zero-order chi connectivity index (χ0) is 16.4. The number of hydrogen-bond donors (Lipinski definition) is 1. The van der Waals surface area contributed by atoms with Gasteiger partial charge in [-0.25, -0.2) is 8.42 Å². The quantitative estimate of drug-likeness (QED) is 0.860. The summed E-state index contributed by atoms with van der Waals surface area (Å²) in [7, 11) is -3.48. The van der Waals surface area contributed by atoms with Crippen molar-refractivity contribution in [2.45, 2.75) is 17.4 Å². The van der Waals surface area contributed by atoms with Crippen LogP contribution in [0.4, 0.5) is 0 Å². The minimum absolute atomic E-state index is 0.167. The van der Waals surface area contributed by atoms with E-state index in [4.69, 9.17) is 0 Å². The highest BCUT2D eigenvalue weighted by atomic mass is 32.2. The molecule has 3 rings (SSSR count). The molecule has 23 heavy (non-hydrogen) atoms. The van der Waals surface area contributed by atoms with Gasteiger partial charge in [0.1, 0.15) is 0 Å². The minimum Gasteiger partial charge on any atom is -0.391 e. The highest BCUT2D eigenvalue weighted by Gasteiger charge is 2.28. The van der Waals surface area contributed by atoms with Crippen molar-refractivity contribution in [1.29, 1.82) is 0 Å². The van der Waals surface area contributed by atoms with E-state index in [2.05, 4.69) is 0 Å². The Morgan fingerprint density at radius 1 is 1.13 bits per heavy atom. The summed E-state index contributed by atoms with van der Waals surface area (Å²) < 4.78 is 26.6. The first kappa shape index (κ1) is 16.8. The van der Waals surface area contributed by atoms with Crippen LogP contribution >= 0.6 is 11.8 Å². The molecule has 0 saturated carbocycles. The maximum Gasteiger partial charge on any atom is 0.253 e. The smallest absolute Gasteiger partial charge is 0.253 e. The van der Waals surface area contributed by atoms with E-state index in [1.54, 1.807) is 28.8 Å². The molecule has 0 radical (unpaired) electrons. The summed E-state index contributed by atoms with van der Waals surface area (Å²) >= 11 is 1.75. The van der Waals surface area contributed by atoms with Crippen LogP contribution in [0.2, 0.25) is 0 Å². The lowest BCUT2D eigenvalue weighted by atomic mass is 10.2. The van der Waals surface area contributed by atoms with Crippen molar-refractivity contribution >= 4 is 27.7 Å². The first-order chi connectivity index (χ1) is 11.0. The molecule has 0 unspecified atom stereocenters. The normalized spacial score (nSPS) is 23.2. The molecule has 8 heteroatoms. The molecule has 1 atom stereocenters. The predicted molar refractivity (Wildman–Crippen MR) is 89.1 cm³/mol. The molecule has 0 bridgehead atoms. The first-order valence-corrected chi connectivity index (χ1v) is 10.2. The number of rotatable bonds is 3. The number of thioether (sulfide) groups is 1. The van der Waals surface area contributed by atoms with Gasteiger partial charge in [0.2, 0.25) is 10.0 Å². The van der Waals surface area contributed by atoms with Crippen LogP contribution in [0.5, 0.6) is 0 Å². The van der Waals surface area contributed by atoms with Crippen molar-refractivity contribution in [3.05, 3.63) is 29.8 Å². The average molecular weight is 356 g/mol. The van der Waals surface area contributed by atoms with Crippen LogP contribution in [0.25, 0.3) is 0 Å². The second kappa shape index (κ2) is 6.80. The van der Waals surface area contributed by atoms with E-state index < -0.39 is 16.1 Å². The number of likely N-dealkylation sites (tertiary alicyclic amines) is 1. The van der Waals surface area contributed by atoms with E-state index in [0.29, 0.717) is 38.2 Å². The van der Waals surface area contributed by atoms with E-state index in [-0.39, 0.29) is 10.8 Å². The number of benzene rings is 1. The Balaban J connectivity index is 1.75.